The van der Waals surface area contributed by atoms with Gasteiger partial charge in [-0.2, -0.15) is 0 Å². The van der Waals surface area contributed by atoms with Gasteiger partial charge in [-0.3, -0.25) is 9.80 Å². The molecule has 0 spiro atoms. The van der Waals surface area contributed by atoms with Crippen LogP contribution in [0.4, 0.5) is 0 Å². The highest BCUT2D eigenvalue weighted by Crippen LogP contribution is 2.19. The quantitative estimate of drug-likeness (QED) is 0.551. The molecule has 1 aromatic carbocycles. The molecule has 6 atom stereocenters. The van der Waals surface area contributed by atoms with Crippen LogP contribution in [0, 0.1) is 0 Å². The van der Waals surface area contributed by atoms with Crippen LogP contribution in [-0.4, -0.2) is 109 Å². The van der Waals surface area contributed by atoms with Crippen LogP contribution in [0.25, 0.3) is 0 Å². The zero-order valence-corrected chi connectivity index (χ0v) is 19.9. The van der Waals surface area contributed by atoms with Gasteiger partial charge >= 0.3 is 0 Å². The normalized spacial score (nSPS) is 29.4. The summed E-state index contributed by atoms with van der Waals surface area (Å²) < 4.78 is 22.9. The Morgan fingerprint density at radius 1 is 0.719 bits per heavy atom. The topological polar surface area (TPSA) is 83.9 Å². The maximum Gasteiger partial charge on any atom is 0.119 e. The fraction of sp³-hybridized carbons (Fsp3) is 0.750. The largest absolute Gasteiger partial charge is 0.491 e. The van der Waals surface area contributed by atoms with Crippen molar-refractivity contribution < 1.29 is 29.2 Å². The lowest BCUT2D eigenvalue weighted by atomic mass is 10.2. The van der Waals surface area contributed by atoms with E-state index in [-0.39, 0.29) is 37.6 Å². The summed E-state index contributed by atoms with van der Waals surface area (Å²) in [6.45, 7) is 13.1. The molecule has 0 radical (unpaired) electrons. The van der Waals surface area contributed by atoms with Crippen molar-refractivity contribution in [3.63, 3.8) is 0 Å². The predicted octanol–water partition coefficient (Wildman–Crippen LogP) is 1.38. The number of rotatable bonds is 10. The van der Waals surface area contributed by atoms with Gasteiger partial charge in [0, 0.05) is 39.3 Å². The molecule has 2 N–H and O–H groups in total. The average molecular weight is 453 g/mol. The van der Waals surface area contributed by atoms with E-state index >= 15 is 0 Å². The summed E-state index contributed by atoms with van der Waals surface area (Å²) in [5.41, 5.74) is 0. The highest BCUT2D eigenvalue weighted by atomic mass is 16.5. The number of β-amino-alcohol motifs (C(OH)–C–C–N with tert-alkyl or cyclic N) is 2. The van der Waals surface area contributed by atoms with Crippen molar-refractivity contribution >= 4 is 0 Å². The molecule has 0 saturated carbocycles. The lowest BCUT2D eigenvalue weighted by Crippen LogP contribution is -2.48. The number of nitrogens with zero attached hydrogens (tertiary/aromatic N) is 2. The second kappa shape index (κ2) is 12.2. The minimum Gasteiger partial charge on any atom is -0.491 e. The summed E-state index contributed by atoms with van der Waals surface area (Å²) in [7, 11) is 0. The van der Waals surface area contributed by atoms with Crippen LogP contribution in [0.2, 0.25) is 0 Å². The monoisotopic (exact) mass is 452 g/mol. The van der Waals surface area contributed by atoms with Crippen molar-refractivity contribution in [3.8, 4) is 11.5 Å². The van der Waals surface area contributed by atoms with E-state index in [2.05, 4.69) is 37.5 Å². The van der Waals surface area contributed by atoms with Gasteiger partial charge in [-0.25, -0.2) is 0 Å². The molecule has 0 amide bonds. The van der Waals surface area contributed by atoms with Gasteiger partial charge < -0.3 is 29.2 Å². The van der Waals surface area contributed by atoms with Crippen LogP contribution in [0.5, 0.6) is 11.5 Å². The summed E-state index contributed by atoms with van der Waals surface area (Å²) in [6.07, 6.45) is -0.413. The second-order valence-corrected chi connectivity index (χ2v) is 9.35. The fourth-order valence-corrected chi connectivity index (χ4v) is 4.59. The lowest BCUT2D eigenvalue weighted by Gasteiger charge is -2.36. The summed E-state index contributed by atoms with van der Waals surface area (Å²) in [5, 5.41) is 20.7. The molecule has 0 aromatic heterocycles. The van der Waals surface area contributed by atoms with Gasteiger partial charge in [0.2, 0.25) is 0 Å². The summed E-state index contributed by atoms with van der Waals surface area (Å²) in [5.74, 6) is 1.36. The van der Waals surface area contributed by atoms with E-state index in [1.165, 1.54) is 0 Å². The highest BCUT2D eigenvalue weighted by molar-refractivity contribution is 5.31. The first kappa shape index (κ1) is 25.2. The van der Waals surface area contributed by atoms with Gasteiger partial charge in [-0.05, 0) is 52.0 Å². The molecule has 2 saturated heterocycles. The Bertz CT molecular complexity index is 598. The van der Waals surface area contributed by atoms with Crippen LogP contribution in [0.15, 0.2) is 24.3 Å². The number of hydrogen-bond donors (Lipinski definition) is 2. The number of ether oxygens (including phenoxy) is 4. The first-order valence-electron chi connectivity index (χ1n) is 11.7. The predicted molar refractivity (Wildman–Crippen MR) is 122 cm³/mol. The molecule has 2 aliphatic heterocycles. The molecule has 0 aliphatic carbocycles. The lowest BCUT2D eigenvalue weighted by molar-refractivity contribution is -0.0790. The zero-order valence-electron chi connectivity index (χ0n) is 19.9. The number of hydrogen-bond acceptors (Lipinski definition) is 8. The first-order valence-corrected chi connectivity index (χ1v) is 11.7. The van der Waals surface area contributed by atoms with Crippen LogP contribution in [-0.2, 0) is 9.47 Å². The highest BCUT2D eigenvalue weighted by Gasteiger charge is 2.25. The summed E-state index contributed by atoms with van der Waals surface area (Å²) in [6, 6.07) is 7.27. The second-order valence-electron chi connectivity index (χ2n) is 9.35. The molecule has 32 heavy (non-hydrogen) atoms. The van der Waals surface area contributed by atoms with Gasteiger partial charge in [0.1, 0.15) is 36.9 Å². The number of aliphatic hydroxyl groups excluding tert-OH is 2. The van der Waals surface area contributed by atoms with Gasteiger partial charge in [-0.1, -0.05) is 0 Å². The van der Waals surface area contributed by atoms with Gasteiger partial charge in [0.25, 0.3) is 0 Å². The Hall–Kier alpha value is -1.42. The summed E-state index contributed by atoms with van der Waals surface area (Å²) >= 11 is 0. The number of benzene rings is 1. The Labute approximate surface area is 192 Å². The van der Waals surface area contributed by atoms with Crippen molar-refractivity contribution in [2.45, 2.75) is 64.3 Å². The Morgan fingerprint density at radius 3 is 1.34 bits per heavy atom. The molecule has 0 bridgehead atoms. The number of morpholine rings is 2. The number of aliphatic hydroxyl groups is 2. The smallest absolute Gasteiger partial charge is 0.119 e. The Kier molecular flexibility index (Phi) is 9.58. The minimum atomic E-state index is -0.566. The van der Waals surface area contributed by atoms with E-state index < -0.39 is 12.2 Å². The fourth-order valence-electron chi connectivity index (χ4n) is 4.59. The molecule has 8 heteroatoms. The van der Waals surface area contributed by atoms with E-state index in [1.54, 1.807) is 0 Å². The van der Waals surface area contributed by atoms with Gasteiger partial charge in [-0.15, -0.1) is 0 Å². The van der Waals surface area contributed by atoms with E-state index in [1.807, 2.05) is 24.3 Å². The van der Waals surface area contributed by atoms with E-state index in [9.17, 15) is 10.2 Å². The van der Waals surface area contributed by atoms with Gasteiger partial charge in [0.05, 0.1) is 24.4 Å². The maximum atomic E-state index is 10.3. The van der Waals surface area contributed by atoms with Crippen molar-refractivity contribution in [1.29, 1.82) is 0 Å². The van der Waals surface area contributed by atoms with Crippen molar-refractivity contribution in [1.82, 2.24) is 9.80 Å². The standard InChI is InChI=1S/C24H40N2O6/c1-17-9-25(10-18(2)31-17)13-21(27)15-29-23-5-7-24(8-6-23)30-16-22(28)14-26-11-19(3)32-20(4)12-26/h5-8,17-22,27-28H,9-16H2,1-4H3/t17-,18-,19-,20+,21-,22-/m1/s1. The first-order chi connectivity index (χ1) is 15.3. The molecular weight excluding hydrogens is 412 g/mol. The Balaban J connectivity index is 1.34. The van der Waals surface area contributed by atoms with Crippen LogP contribution in [0.1, 0.15) is 27.7 Å². The van der Waals surface area contributed by atoms with Gasteiger partial charge in [0.15, 0.2) is 0 Å². The molecule has 2 fully saturated rings. The molecular formula is C24H40N2O6. The zero-order chi connectivity index (χ0) is 23.1. The van der Waals surface area contributed by atoms with Crippen molar-refractivity contribution in [2.75, 3.05) is 52.5 Å². The minimum absolute atomic E-state index is 0.180. The van der Waals surface area contributed by atoms with Crippen LogP contribution >= 0.6 is 0 Å². The SMILES string of the molecule is C[C@@H]1CN(C[C@@H](O)COc2ccc(OC[C@H](O)CN3C[C@@H](C)O[C@@H](C)C3)cc2)C[C@@H](C)O1. The molecule has 2 heterocycles. The molecule has 182 valence electrons. The third-order valence-electron chi connectivity index (χ3n) is 5.64. The van der Waals surface area contributed by atoms with Crippen molar-refractivity contribution in [2.24, 2.45) is 0 Å². The van der Waals surface area contributed by atoms with Crippen molar-refractivity contribution in [3.05, 3.63) is 24.3 Å². The third-order valence-corrected chi connectivity index (χ3v) is 5.64. The van der Waals surface area contributed by atoms with E-state index in [0.717, 1.165) is 26.2 Å². The maximum absolute atomic E-state index is 10.3. The van der Waals surface area contributed by atoms with Crippen LogP contribution in [0.3, 0.4) is 0 Å². The van der Waals surface area contributed by atoms with Crippen LogP contribution < -0.4 is 9.47 Å². The molecule has 2 aliphatic rings. The molecule has 1 aromatic rings. The molecule has 8 nitrogen and oxygen atoms in total. The molecule has 3 rings (SSSR count). The summed E-state index contributed by atoms with van der Waals surface area (Å²) in [4.78, 5) is 4.43. The third kappa shape index (κ3) is 8.50. The van der Waals surface area contributed by atoms with E-state index in [4.69, 9.17) is 18.9 Å². The average Bonchev–Trinajstić information content (AvgIpc) is 2.70. The molecule has 0 unspecified atom stereocenters. The Morgan fingerprint density at radius 2 is 1.03 bits per heavy atom. The van der Waals surface area contributed by atoms with E-state index in [0.29, 0.717) is 24.6 Å².